The number of nitro benzene ring substituents is 1. The number of ether oxygens (including phenoxy) is 3. The van der Waals surface area contributed by atoms with Gasteiger partial charge in [-0.3, -0.25) is 19.5 Å². The lowest BCUT2D eigenvalue weighted by Gasteiger charge is -2.26. The molecule has 0 spiro atoms. The van der Waals surface area contributed by atoms with Crippen LogP contribution in [0.5, 0.6) is 11.5 Å². The van der Waals surface area contributed by atoms with Crippen LogP contribution >= 0.6 is 27.3 Å². The highest BCUT2D eigenvalue weighted by Crippen LogP contribution is 2.41. The number of hydrogen-bond acceptors (Lipinski definition) is 10. The molecule has 220 valence electrons. The number of anilines is 1. The molecule has 0 radical (unpaired) electrons. The van der Waals surface area contributed by atoms with Crippen LogP contribution in [0.3, 0.4) is 0 Å². The maximum Gasteiger partial charge on any atom is 0.338 e. The lowest BCUT2D eigenvalue weighted by atomic mass is 9.95. The fourth-order valence-electron chi connectivity index (χ4n) is 5.32. The lowest BCUT2D eigenvalue weighted by Crippen LogP contribution is -2.40. The molecule has 0 amide bonds. The highest BCUT2D eigenvalue weighted by Gasteiger charge is 2.35. The van der Waals surface area contributed by atoms with Gasteiger partial charge in [-0.1, -0.05) is 27.3 Å². The summed E-state index contributed by atoms with van der Waals surface area (Å²) in [4.78, 5) is 45.8. The summed E-state index contributed by atoms with van der Waals surface area (Å²) < 4.78 is 18.7. The Labute approximate surface area is 253 Å². The van der Waals surface area contributed by atoms with Crippen LogP contribution in [-0.4, -0.2) is 49.4 Å². The van der Waals surface area contributed by atoms with Crippen molar-refractivity contribution in [2.24, 2.45) is 4.99 Å². The van der Waals surface area contributed by atoms with Crippen molar-refractivity contribution >= 4 is 50.7 Å². The molecule has 0 N–H and O–H groups in total. The van der Waals surface area contributed by atoms with E-state index in [1.807, 2.05) is 0 Å². The topological polar surface area (TPSA) is 126 Å². The number of methoxy groups -OCH3 is 2. The third-order valence-electron chi connectivity index (χ3n) is 7.27. The number of benzene rings is 2. The highest BCUT2D eigenvalue weighted by atomic mass is 79.9. The van der Waals surface area contributed by atoms with E-state index in [0.29, 0.717) is 42.1 Å². The average Bonchev–Trinajstić information content (AvgIpc) is 3.60. The number of carbonyl (C=O) groups is 1. The van der Waals surface area contributed by atoms with E-state index in [9.17, 15) is 19.7 Å². The molecule has 0 bridgehead atoms. The lowest BCUT2D eigenvalue weighted by molar-refractivity contribution is -0.384. The number of nitro groups is 1. The molecule has 2 aromatic carbocycles. The number of allylic oxidation sites excluding steroid dienone is 1. The fourth-order valence-corrected chi connectivity index (χ4v) is 6.90. The second-order valence-electron chi connectivity index (χ2n) is 9.73. The van der Waals surface area contributed by atoms with Gasteiger partial charge in [0.05, 0.1) is 47.6 Å². The minimum atomic E-state index is -0.889. The van der Waals surface area contributed by atoms with E-state index < -0.39 is 22.5 Å². The zero-order valence-electron chi connectivity index (χ0n) is 23.5. The van der Waals surface area contributed by atoms with E-state index in [4.69, 9.17) is 14.2 Å². The van der Waals surface area contributed by atoms with Crippen LogP contribution in [-0.2, 0) is 9.53 Å². The van der Waals surface area contributed by atoms with Crippen LogP contribution in [0.1, 0.15) is 43.9 Å². The molecule has 2 aliphatic heterocycles. The van der Waals surface area contributed by atoms with Gasteiger partial charge in [-0.15, -0.1) is 0 Å². The van der Waals surface area contributed by atoms with Crippen molar-refractivity contribution < 1.29 is 23.9 Å². The number of rotatable bonds is 8. The Morgan fingerprint density at radius 3 is 2.52 bits per heavy atom. The van der Waals surface area contributed by atoms with Gasteiger partial charge in [0.15, 0.2) is 16.3 Å². The Bertz CT molecular complexity index is 1790. The average molecular weight is 658 g/mol. The zero-order valence-corrected chi connectivity index (χ0v) is 25.9. The van der Waals surface area contributed by atoms with Gasteiger partial charge in [-0.25, -0.2) is 9.79 Å². The molecule has 3 heterocycles. The summed E-state index contributed by atoms with van der Waals surface area (Å²) in [7, 11) is 3.02. The fraction of sp³-hybridized carbons (Fsp3) is 0.345. The number of fused-ring (bicyclic) bond motifs is 1. The molecule has 2 aliphatic rings. The van der Waals surface area contributed by atoms with Crippen molar-refractivity contribution in [3.8, 4) is 11.5 Å². The molecule has 1 saturated heterocycles. The molecule has 1 aromatic heterocycles. The maximum atomic E-state index is 14.2. The van der Waals surface area contributed by atoms with E-state index >= 15 is 0 Å². The molecule has 0 saturated carbocycles. The molecule has 0 unspecified atom stereocenters. The van der Waals surface area contributed by atoms with E-state index in [2.05, 4.69) is 25.8 Å². The molecule has 11 nitrogen and oxygen atoms in total. The first kappa shape index (κ1) is 29.5. The Kier molecular flexibility index (Phi) is 8.50. The Balaban J connectivity index is 1.77. The second kappa shape index (κ2) is 12.1. The van der Waals surface area contributed by atoms with Crippen molar-refractivity contribution in [3.05, 3.63) is 87.0 Å². The summed E-state index contributed by atoms with van der Waals surface area (Å²) in [5.41, 5.74) is 2.15. The minimum absolute atomic E-state index is 0.0652. The predicted molar refractivity (Wildman–Crippen MR) is 162 cm³/mol. The normalized spacial score (nSPS) is 16.7. The van der Waals surface area contributed by atoms with Crippen molar-refractivity contribution in [3.63, 3.8) is 0 Å². The standard InChI is InChI=1S/C29H29BrN4O7S/c1-5-41-28(36)25-16(2)31-29-33(26(25)19-14-22(39-3)23(40-4)15-20(19)30)27(35)24(42-29)13-17-12-18(34(37)38)8-9-21(17)32-10-6-7-11-32/h8-9,12-15,26H,5-7,10-11H2,1-4H3/b24-13+/t26-/m0/s1. The van der Waals surface area contributed by atoms with Gasteiger partial charge in [-0.05, 0) is 56.5 Å². The number of hydrogen-bond donors (Lipinski definition) is 0. The SMILES string of the molecule is CCOC(=O)C1=C(C)N=c2s/c(=C/c3cc([N+](=O)[O-])ccc3N3CCCC3)c(=O)n2[C@H]1c1cc(OC)c(OC)cc1Br. The molecule has 3 aromatic rings. The van der Waals surface area contributed by atoms with Crippen molar-refractivity contribution in [2.75, 3.05) is 38.8 Å². The van der Waals surface area contributed by atoms with Crippen molar-refractivity contribution in [1.29, 1.82) is 0 Å². The first-order chi connectivity index (χ1) is 20.2. The maximum absolute atomic E-state index is 14.2. The predicted octanol–water partition coefficient (Wildman–Crippen LogP) is 4.09. The number of halogens is 1. The number of esters is 1. The largest absolute Gasteiger partial charge is 0.493 e. The van der Waals surface area contributed by atoms with Crippen molar-refractivity contribution in [1.82, 2.24) is 4.57 Å². The third-order valence-corrected chi connectivity index (χ3v) is 8.94. The van der Waals surface area contributed by atoms with Gasteiger partial charge in [-0.2, -0.15) is 0 Å². The first-order valence-corrected chi connectivity index (χ1v) is 14.9. The molecular weight excluding hydrogens is 628 g/mol. The number of carbonyl (C=O) groups excluding carboxylic acids is 1. The van der Waals surface area contributed by atoms with Gasteiger partial charge < -0.3 is 19.1 Å². The number of thiazole rings is 1. The van der Waals surface area contributed by atoms with Crippen LogP contribution in [0, 0.1) is 10.1 Å². The summed E-state index contributed by atoms with van der Waals surface area (Å²) in [5.74, 6) is 0.302. The van der Waals surface area contributed by atoms with Crippen LogP contribution in [0.25, 0.3) is 6.08 Å². The summed E-state index contributed by atoms with van der Waals surface area (Å²) in [5, 5.41) is 11.6. The van der Waals surface area contributed by atoms with Gasteiger partial charge in [0.2, 0.25) is 0 Å². The molecule has 5 rings (SSSR count). The van der Waals surface area contributed by atoms with Crippen LogP contribution in [0.15, 0.2) is 55.9 Å². The zero-order chi connectivity index (χ0) is 30.1. The number of nitrogens with zero attached hydrogens (tertiary/aromatic N) is 4. The summed E-state index contributed by atoms with van der Waals surface area (Å²) in [6.45, 7) is 5.22. The number of non-ortho nitro benzene ring substituents is 1. The third kappa shape index (κ3) is 5.34. The Hall–Kier alpha value is -3.97. The molecule has 42 heavy (non-hydrogen) atoms. The van der Waals surface area contributed by atoms with E-state index in [1.165, 1.54) is 30.9 Å². The molecule has 1 atom stereocenters. The molecule has 1 fully saturated rings. The van der Waals surface area contributed by atoms with Crippen LogP contribution in [0.4, 0.5) is 11.4 Å². The summed E-state index contributed by atoms with van der Waals surface area (Å²) in [6, 6.07) is 7.25. The first-order valence-electron chi connectivity index (χ1n) is 13.3. The smallest absolute Gasteiger partial charge is 0.338 e. The van der Waals surface area contributed by atoms with Gasteiger partial charge in [0, 0.05) is 40.9 Å². The molecule has 13 heteroatoms. The Morgan fingerprint density at radius 1 is 1.19 bits per heavy atom. The molecule has 0 aliphatic carbocycles. The molecular formula is C29H29BrN4O7S. The monoisotopic (exact) mass is 656 g/mol. The highest BCUT2D eigenvalue weighted by molar-refractivity contribution is 9.10. The number of aromatic nitrogens is 1. The Morgan fingerprint density at radius 2 is 1.88 bits per heavy atom. The van der Waals surface area contributed by atoms with Crippen LogP contribution < -0.4 is 29.3 Å². The van der Waals surface area contributed by atoms with Gasteiger partial charge in [0.25, 0.3) is 11.2 Å². The van der Waals surface area contributed by atoms with Gasteiger partial charge in [0.1, 0.15) is 0 Å². The van der Waals surface area contributed by atoms with Crippen molar-refractivity contribution in [2.45, 2.75) is 32.7 Å². The van der Waals surface area contributed by atoms with Gasteiger partial charge >= 0.3 is 5.97 Å². The van der Waals surface area contributed by atoms with E-state index in [-0.39, 0.29) is 17.9 Å². The quantitative estimate of drug-likeness (QED) is 0.202. The second-order valence-corrected chi connectivity index (χ2v) is 11.6. The summed E-state index contributed by atoms with van der Waals surface area (Å²) in [6.07, 6.45) is 3.72. The van der Waals surface area contributed by atoms with Crippen LogP contribution in [0.2, 0.25) is 0 Å². The summed E-state index contributed by atoms with van der Waals surface area (Å²) >= 11 is 4.76. The minimum Gasteiger partial charge on any atom is -0.493 e. The van der Waals surface area contributed by atoms with E-state index in [0.717, 1.165) is 43.0 Å². The van der Waals surface area contributed by atoms with E-state index in [1.54, 1.807) is 38.1 Å².